The van der Waals surface area contributed by atoms with Gasteiger partial charge in [-0.3, -0.25) is 0 Å². The molecule has 0 spiro atoms. The molecule has 3 aliphatic rings. The summed E-state index contributed by atoms with van der Waals surface area (Å²) in [6.45, 7) is 3.22. The molecule has 2 aliphatic heterocycles. The molecule has 0 amide bonds. The predicted molar refractivity (Wildman–Crippen MR) is 113 cm³/mol. The van der Waals surface area contributed by atoms with Gasteiger partial charge in [0.15, 0.2) is 11.5 Å². The van der Waals surface area contributed by atoms with E-state index in [4.69, 9.17) is 14.2 Å². The molecule has 5 heteroatoms. The third-order valence-corrected chi connectivity index (χ3v) is 6.52. The molecular formula is C25H30O5. The van der Waals surface area contributed by atoms with Crippen LogP contribution in [-0.4, -0.2) is 41.7 Å². The number of hydrogen-bond donors (Lipinski definition) is 2. The molecule has 2 N–H and O–H groups in total. The number of benzene rings is 2. The zero-order valence-corrected chi connectivity index (χ0v) is 17.4. The Kier molecular flexibility index (Phi) is 5.44. The number of aliphatic hydroxyl groups is 2. The lowest BCUT2D eigenvalue weighted by Crippen LogP contribution is -2.43. The summed E-state index contributed by atoms with van der Waals surface area (Å²) in [6.07, 6.45) is 2.38. The van der Waals surface area contributed by atoms with Crippen LogP contribution in [0.2, 0.25) is 0 Å². The van der Waals surface area contributed by atoms with Crippen molar-refractivity contribution >= 4 is 0 Å². The molecule has 5 nitrogen and oxygen atoms in total. The van der Waals surface area contributed by atoms with Gasteiger partial charge in [0.25, 0.3) is 0 Å². The number of hydrogen-bond acceptors (Lipinski definition) is 5. The van der Waals surface area contributed by atoms with Crippen LogP contribution in [-0.2, 0) is 11.2 Å². The minimum absolute atomic E-state index is 0.0299. The van der Waals surface area contributed by atoms with Gasteiger partial charge in [0.1, 0.15) is 25.4 Å². The summed E-state index contributed by atoms with van der Waals surface area (Å²) in [5.74, 6) is 2.24. The molecule has 0 unspecified atom stereocenters. The van der Waals surface area contributed by atoms with Gasteiger partial charge >= 0.3 is 0 Å². The summed E-state index contributed by atoms with van der Waals surface area (Å²) in [4.78, 5) is 0. The highest BCUT2D eigenvalue weighted by molar-refractivity contribution is 5.47. The van der Waals surface area contributed by atoms with Gasteiger partial charge in [0.2, 0.25) is 0 Å². The summed E-state index contributed by atoms with van der Waals surface area (Å²) >= 11 is 0. The number of fused-ring (bicyclic) bond motifs is 1. The molecule has 1 saturated heterocycles. The fourth-order valence-corrected chi connectivity index (χ4v) is 4.66. The van der Waals surface area contributed by atoms with E-state index in [0.29, 0.717) is 25.6 Å². The molecule has 2 aromatic carbocycles. The van der Waals surface area contributed by atoms with Crippen molar-refractivity contribution < 1.29 is 24.4 Å². The Bertz CT molecular complexity index is 906. The SMILES string of the molecule is CC[C@@H]1C[C@H](O)[C@@H](O)[C@H](c2ccc(C3CC3)c(Cc3ccc4c(c3)OCCO4)c2)O1. The van der Waals surface area contributed by atoms with E-state index in [9.17, 15) is 10.2 Å². The average molecular weight is 411 g/mol. The molecule has 0 aromatic heterocycles. The molecular weight excluding hydrogens is 380 g/mol. The van der Waals surface area contributed by atoms with Crippen LogP contribution in [0, 0.1) is 0 Å². The van der Waals surface area contributed by atoms with E-state index in [1.165, 1.54) is 29.5 Å². The van der Waals surface area contributed by atoms with Crippen molar-refractivity contribution in [3.05, 3.63) is 58.7 Å². The maximum Gasteiger partial charge on any atom is 0.161 e. The number of aliphatic hydroxyl groups excluding tert-OH is 2. The van der Waals surface area contributed by atoms with Crippen LogP contribution in [0.1, 0.15) is 66.9 Å². The van der Waals surface area contributed by atoms with Crippen molar-refractivity contribution in [3.63, 3.8) is 0 Å². The van der Waals surface area contributed by atoms with Crippen LogP contribution >= 0.6 is 0 Å². The third kappa shape index (κ3) is 3.94. The maximum absolute atomic E-state index is 10.6. The molecule has 160 valence electrons. The molecule has 2 aromatic rings. The lowest BCUT2D eigenvalue weighted by molar-refractivity contribution is -0.171. The fourth-order valence-electron chi connectivity index (χ4n) is 4.66. The maximum atomic E-state index is 10.6. The summed E-state index contributed by atoms with van der Waals surface area (Å²) < 4.78 is 17.6. The Hall–Kier alpha value is -2.08. The molecule has 2 fully saturated rings. The van der Waals surface area contributed by atoms with Crippen LogP contribution in [0.4, 0.5) is 0 Å². The molecule has 4 atom stereocenters. The van der Waals surface area contributed by atoms with Gasteiger partial charge < -0.3 is 24.4 Å². The van der Waals surface area contributed by atoms with Gasteiger partial charge in [-0.15, -0.1) is 0 Å². The lowest BCUT2D eigenvalue weighted by atomic mass is 9.88. The first-order valence-electron chi connectivity index (χ1n) is 11.1. The lowest BCUT2D eigenvalue weighted by Gasteiger charge is -2.37. The summed E-state index contributed by atoms with van der Waals surface area (Å²) in [5.41, 5.74) is 4.76. The molecule has 0 bridgehead atoms. The van der Waals surface area contributed by atoms with Crippen molar-refractivity contribution in [2.45, 2.75) is 69.4 Å². The van der Waals surface area contributed by atoms with Crippen molar-refractivity contribution in [1.29, 1.82) is 0 Å². The highest BCUT2D eigenvalue weighted by Crippen LogP contribution is 2.44. The van der Waals surface area contributed by atoms with E-state index >= 15 is 0 Å². The molecule has 0 radical (unpaired) electrons. The van der Waals surface area contributed by atoms with E-state index in [1.807, 2.05) is 6.07 Å². The van der Waals surface area contributed by atoms with Crippen LogP contribution in [0.15, 0.2) is 36.4 Å². The Morgan fingerprint density at radius 2 is 1.77 bits per heavy atom. The first-order valence-corrected chi connectivity index (χ1v) is 11.1. The zero-order valence-electron chi connectivity index (χ0n) is 17.4. The Morgan fingerprint density at radius 3 is 2.53 bits per heavy atom. The second-order valence-corrected chi connectivity index (χ2v) is 8.77. The smallest absolute Gasteiger partial charge is 0.161 e. The van der Waals surface area contributed by atoms with Gasteiger partial charge in [-0.25, -0.2) is 0 Å². The summed E-state index contributed by atoms with van der Waals surface area (Å²) in [5, 5.41) is 20.9. The van der Waals surface area contributed by atoms with Crippen molar-refractivity contribution in [3.8, 4) is 11.5 Å². The minimum Gasteiger partial charge on any atom is -0.486 e. The standard InChI is InChI=1S/C25H30O5/c1-2-19-14-21(26)24(27)25(30-19)17-6-7-20(16-4-5-16)18(13-17)11-15-3-8-22-23(12-15)29-10-9-28-22/h3,6-8,12-13,16,19,21,24-27H,2,4-5,9-11,14H2,1H3/t19-,21+,24-,25+/m1/s1. The van der Waals surface area contributed by atoms with Crippen molar-refractivity contribution in [1.82, 2.24) is 0 Å². The summed E-state index contributed by atoms with van der Waals surface area (Å²) in [6, 6.07) is 12.6. The summed E-state index contributed by atoms with van der Waals surface area (Å²) in [7, 11) is 0. The molecule has 30 heavy (non-hydrogen) atoms. The molecule has 2 heterocycles. The molecule has 1 aliphatic carbocycles. The number of ether oxygens (including phenoxy) is 3. The van der Waals surface area contributed by atoms with Gasteiger partial charge in [-0.1, -0.05) is 31.2 Å². The van der Waals surface area contributed by atoms with Crippen LogP contribution in [0.3, 0.4) is 0 Å². The Balaban J connectivity index is 1.45. The minimum atomic E-state index is -0.901. The van der Waals surface area contributed by atoms with Gasteiger partial charge in [0.05, 0.1) is 12.2 Å². The largest absolute Gasteiger partial charge is 0.486 e. The first kappa shape index (κ1) is 19.9. The van der Waals surface area contributed by atoms with Crippen LogP contribution in [0.5, 0.6) is 11.5 Å². The van der Waals surface area contributed by atoms with Crippen molar-refractivity contribution in [2.24, 2.45) is 0 Å². The van der Waals surface area contributed by atoms with Gasteiger partial charge in [-0.05, 0) is 66.0 Å². The Morgan fingerprint density at radius 1 is 0.967 bits per heavy atom. The van der Waals surface area contributed by atoms with E-state index < -0.39 is 18.3 Å². The Labute approximate surface area is 177 Å². The first-order chi connectivity index (χ1) is 14.6. The second kappa shape index (κ2) is 8.22. The normalized spacial score (nSPS) is 28.4. The second-order valence-electron chi connectivity index (χ2n) is 8.77. The van der Waals surface area contributed by atoms with E-state index in [-0.39, 0.29) is 6.10 Å². The van der Waals surface area contributed by atoms with E-state index in [1.54, 1.807) is 0 Å². The average Bonchev–Trinajstić information content (AvgIpc) is 3.61. The predicted octanol–water partition coefficient (Wildman–Crippen LogP) is 3.89. The van der Waals surface area contributed by atoms with Crippen LogP contribution < -0.4 is 9.47 Å². The number of rotatable bonds is 5. The third-order valence-electron chi connectivity index (χ3n) is 6.52. The quantitative estimate of drug-likeness (QED) is 0.783. The van der Waals surface area contributed by atoms with Gasteiger partial charge in [0, 0.05) is 6.42 Å². The monoisotopic (exact) mass is 410 g/mol. The van der Waals surface area contributed by atoms with Crippen LogP contribution in [0.25, 0.3) is 0 Å². The van der Waals surface area contributed by atoms with E-state index in [0.717, 1.165) is 29.9 Å². The highest BCUT2D eigenvalue weighted by Gasteiger charge is 2.37. The van der Waals surface area contributed by atoms with Crippen molar-refractivity contribution in [2.75, 3.05) is 13.2 Å². The van der Waals surface area contributed by atoms with Gasteiger partial charge in [-0.2, -0.15) is 0 Å². The topological polar surface area (TPSA) is 68.2 Å². The zero-order chi connectivity index (χ0) is 20.7. The fraction of sp³-hybridized carbons (Fsp3) is 0.520. The molecule has 5 rings (SSSR count). The highest BCUT2D eigenvalue weighted by atomic mass is 16.6. The van der Waals surface area contributed by atoms with E-state index in [2.05, 4.69) is 37.3 Å². The molecule has 1 saturated carbocycles.